The molecule has 0 saturated carbocycles. The third kappa shape index (κ3) is 4.49. The first kappa shape index (κ1) is 14.3. The molecule has 0 aliphatic rings. The molecule has 0 aliphatic carbocycles. The lowest BCUT2D eigenvalue weighted by atomic mass is 10.2. The molecule has 19 heavy (non-hydrogen) atoms. The molecule has 0 amide bonds. The van der Waals surface area contributed by atoms with Crippen molar-refractivity contribution in [2.24, 2.45) is 0 Å². The van der Waals surface area contributed by atoms with E-state index >= 15 is 0 Å². The molecule has 0 aliphatic heterocycles. The van der Waals surface area contributed by atoms with Crippen LogP contribution in [0.25, 0.3) is 0 Å². The Morgan fingerprint density at radius 1 is 1.42 bits per heavy atom. The zero-order valence-corrected chi connectivity index (χ0v) is 12.4. The van der Waals surface area contributed by atoms with Gasteiger partial charge in [0.1, 0.15) is 12.4 Å². The van der Waals surface area contributed by atoms with Crippen molar-refractivity contribution < 1.29 is 4.74 Å². The highest BCUT2D eigenvalue weighted by atomic mass is 35.5. The van der Waals surface area contributed by atoms with Crippen molar-refractivity contribution in [2.45, 2.75) is 26.5 Å². The molecular weight excluding hydrogens is 280 g/mol. The molecule has 0 radical (unpaired) electrons. The molecular formula is C14H17ClN2OS. The Labute approximate surface area is 122 Å². The molecule has 0 unspecified atom stereocenters. The summed E-state index contributed by atoms with van der Waals surface area (Å²) >= 11 is 7.79. The average Bonchev–Trinajstić information content (AvgIpc) is 2.91. The van der Waals surface area contributed by atoms with Crippen LogP contribution >= 0.6 is 22.9 Å². The van der Waals surface area contributed by atoms with Crippen LogP contribution < -0.4 is 10.1 Å². The van der Waals surface area contributed by atoms with Gasteiger partial charge >= 0.3 is 0 Å². The van der Waals surface area contributed by atoms with E-state index in [-0.39, 0.29) is 0 Å². The van der Waals surface area contributed by atoms with Crippen molar-refractivity contribution in [1.82, 2.24) is 10.3 Å². The molecule has 0 fully saturated rings. The first-order chi connectivity index (χ1) is 9.29. The van der Waals surface area contributed by atoms with Crippen molar-refractivity contribution in [1.29, 1.82) is 0 Å². The Hall–Kier alpha value is -1.10. The molecule has 0 spiro atoms. The minimum absolute atomic E-state index is 0.512. The number of hydrogen-bond donors (Lipinski definition) is 1. The van der Waals surface area contributed by atoms with Crippen LogP contribution in [0.2, 0.25) is 5.02 Å². The molecule has 2 rings (SSSR count). The van der Waals surface area contributed by atoms with Crippen LogP contribution in [-0.4, -0.2) is 11.5 Å². The molecule has 5 heteroatoms. The largest absolute Gasteiger partial charge is 0.486 e. The summed E-state index contributed by atoms with van der Waals surface area (Å²) in [6, 6.07) is 5.91. The Balaban J connectivity index is 1.91. The van der Waals surface area contributed by atoms with E-state index in [0.717, 1.165) is 24.4 Å². The highest BCUT2D eigenvalue weighted by molar-refractivity contribution is 7.09. The predicted octanol–water partition coefficient (Wildman–Crippen LogP) is 3.88. The number of ether oxygens (including phenoxy) is 1. The van der Waals surface area contributed by atoms with Gasteiger partial charge in [0.25, 0.3) is 0 Å². The Kier molecular flexibility index (Phi) is 5.63. The Morgan fingerprint density at radius 3 is 3.00 bits per heavy atom. The number of hydrogen-bond acceptors (Lipinski definition) is 4. The van der Waals surface area contributed by atoms with Gasteiger partial charge < -0.3 is 10.1 Å². The zero-order valence-electron chi connectivity index (χ0n) is 10.9. The van der Waals surface area contributed by atoms with Gasteiger partial charge in [-0.2, -0.15) is 0 Å². The maximum atomic E-state index is 6.22. The van der Waals surface area contributed by atoms with E-state index in [4.69, 9.17) is 16.3 Å². The van der Waals surface area contributed by atoms with E-state index in [1.807, 2.05) is 24.4 Å². The summed E-state index contributed by atoms with van der Waals surface area (Å²) in [4.78, 5) is 5.10. The minimum Gasteiger partial charge on any atom is -0.486 e. The molecule has 1 heterocycles. The topological polar surface area (TPSA) is 34.1 Å². The van der Waals surface area contributed by atoms with Gasteiger partial charge in [0, 0.05) is 12.7 Å². The smallest absolute Gasteiger partial charge is 0.138 e. The molecule has 0 atom stereocenters. The van der Waals surface area contributed by atoms with Gasteiger partial charge in [0.15, 0.2) is 0 Å². The minimum atomic E-state index is 0.512. The highest BCUT2D eigenvalue weighted by Gasteiger charge is 2.04. The number of benzene rings is 1. The predicted molar refractivity (Wildman–Crippen MR) is 79.9 cm³/mol. The van der Waals surface area contributed by atoms with Crippen LogP contribution in [0.5, 0.6) is 5.75 Å². The normalized spacial score (nSPS) is 10.6. The van der Waals surface area contributed by atoms with Gasteiger partial charge in [-0.05, 0) is 30.7 Å². The van der Waals surface area contributed by atoms with Crippen LogP contribution in [0.3, 0.4) is 0 Å². The quantitative estimate of drug-likeness (QED) is 0.788. The third-order valence-electron chi connectivity index (χ3n) is 2.61. The summed E-state index contributed by atoms with van der Waals surface area (Å²) in [5.74, 6) is 0.717. The van der Waals surface area contributed by atoms with Gasteiger partial charge in [0.2, 0.25) is 0 Å². The van der Waals surface area contributed by atoms with Gasteiger partial charge in [-0.25, -0.2) is 0 Å². The van der Waals surface area contributed by atoms with E-state index in [1.54, 1.807) is 16.8 Å². The lowest BCUT2D eigenvalue weighted by Gasteiger charge is -2.09. The number of aromatic nitrogens is 1. The summed E-state index contributed by atoms with van der Waals surface area (Å²) in [7, 11) is 0. The van der Waals surface area contributed by atoms with Crippen LogP contribution in [0.1, 0.15) is 23.8 Å². The van der Waals surface area contributed by atoms with Crippen molar-refractivity contribution in [3.05, 3.63) is 45.4 Å². The average molecular weight is 297 g/mol. The van der Waals surface area contributed by atoms with Gasteiger partial charge in [-0.3, -0.25) is 4.98 Å². The molecule has 2 aromatic rings. The fourth-order valence-corrected chi connectivity index (χ4v) is 2.41. The monoisotopic (exact) mass is 296 g/mol. The Bertz CT molecular complexity index is 502. The summed E-state index contributed by atoms with van der Waals surface area (Å²) in [5.41, 5.74) is 2.96. The number of nitrogens with zero attached hydrogens (tertiary/aromatic N) is 1. The van der Waals surface area contributed by atoms with Gasteiger partial charge in [-0.15, -0.1) is 11.3 Å². The molecule has 3 nitrogen and oxygen atoms in total. The lowest BCUT2D eigenvalue weighted by molar-refractivity contribution is 0.309. The third-order valence-corrected chi connectivity index (χ3v) is 3.65. The summed E-state index contributed by atoms with van der Waals surface area (Å²) in [5, 5.41) is 4.00. The molecule has 102 valence electrons. The van der Waals surface area contributed by atoms with E-state index in [9.17, 15) is 0 Å². The summed E-state index contributed by atoms with van der Waals surface area (Å²) in [6.45, 7) is 4.51. The SMILES string of the molecule is CCCNCc1ccc(OCc2cncs2)c(Cl)c1. The second-order valence-electron chi connectivity index (χ2n) is 4.20. The molecule has 1 aromatic carbocycles. The van der Waals surface area contributed by atoms with Crippen molar-refractivity contribution >= 4 is 22.9 Å². The van der Waals surface area contributed by atoms with Crippen LogP contribution in [0.15, 0.2) is 29.9 Å². The number of thiazole rings is 1. The Morgan fingerprint density at radius 2 is 2.32 bits per heavy atom. The first-order valence-corrected chi connectivity index (χ1v) is 7.54. The van der Waals surface area contributed by atoms with E-state index in [1.165, 1.54) is 5.56 Å². The standard InChI is InChI=1S/C14H17ClN2OS/c1-2-5-16-7-11-3-4-14(13(15)6-11)18-9-12-8-17-10-19-12/h3-4,6,8,10,16H,2,5,7,9H2,1H3. The van der Waals surface area contributed by atoms with Crippen LogP contribution in [0.4, 0.5) is 0 Å². The molecule has 0 saturated heterocycles. The zero-order chi connectivity index (χ0) is 13.5. The lowest BCUT2D eigenvalue weighted by Crippen LogP contribution is -2.13. The number of nitrogens with one attached hydrogen (secondary N) is 1. The molecule has 1 N–H and O–H groups in total. The van der Waals surface area contributed by atoms with Gasteiger partial charge in [-0.1, -0.05) is 24.6 Å². The maximum absolute atomic E-state index is 6.22. The highest BCUT2D eigenvalue weighted by Crippen LogP contribution is 2.26. The summed E-state index contributed by atoms with van der Waals surface area (Å²) in [6.07, 6.45) is 2.94. The van der Waals surface area contributed by atoms with Crippen LogP contribution in [-0.2, 0) is 13.2 Å². The first-order valence-electron chi connectivity index (χ1n) is 6.29. The van der Waals surface area contributed by atoms with Crippen molar-refractivity contribution in [3.63, 3.8) is 0 Å². The maximum Gasteiger partial charge on any atom is 0.138 e. The summed E-state index contributed by atoms with van der Waals surface area (Å²) < 4.78 is 5.68. The van der Waals surface area contributed by atoms with E-state index in [2.05, 4.69) is 17.2 Å². The fraction of sp³-hybridized carbons (Fsp3) is 0.357. The van der Waals surface area contributed by atoms with Crippen molar-refractivity contribution in [2.75, 3.05) is 6.54 Å². The molecule has 1 aromatic heterocycles. The number of halogens is 1. The van der Waals surface area contributed by atoms with Gasteiger partial charge in [0.05, 0.1) is 15.4 Å². The second kappa shape index (κ2) is 7.48. The second-order valence-corrected chi connectivity index (χ2v) is 5.58. The van der Waals surface area contributed by atoms with Crippen LogP contribution in [0, 0.1) is 0 Å². The van der Waals surface area contributed by atoms with E-state index in [0.29, 0.717) is 17.4 Å². The van der Waals surface area contributed by atoms with E-state index < -0.39 is 0 Å². The number of rotatable bonds is 7. The van der Waals surface area contributed by atoms with Crippen molar-refractivity contribution in [3.8, 4) is 5.75 Å². The molecule has 0 bridgehead atoms. The fourth-order valence-electron chi connectivity index (χ4n) is 1.64.